The van der Waals surface area contributed by atoms with Crippen LogP contribution in [-0.2, 0) is 20.9 Å². The normalized spacial score (nSPS) is 10.9. The molecular formula is C20H19F3N4O6S. The minimum atomic E-state index is -4.82. The van der Waals surface area contributed by atoms with E-state index in [9.17, 15) is 32.3 Å². The quantitative estimate of drug-likeness (QED) is 0.0946. The van der Waals surface area contributed by atoms with Crippen molar-refractivity contribution in [3.05, 3.63) is 53.6 Å². The molecule has 0 aliphatic rings. The molecule has 2 rings (SSSR count). The summed E-state index contributed by atoms with van der Waals surface area (Å²) >= 11 is 0.780. The largest absolute Gasteiger partial charge is 0.573 e. The number of nitrogens with one attached hydrogen (secondary N) is 1. The number of nitrogens with zero attached hydrogens (tertiary/aromatic N) is 1. The molecule has 2 aromatic rings. The number of Topliss-reactive ketones (excluding diaryl/α,β-unsaturated/α-hetero) is 1. The van der Waals surface area contributed by atoms with E-state index in [1.165, 1.54) is 30.3 Å². The average molecular weight is 500 g/mol. The van der Waals surface area contributed by atoms with Crippen LogP contribution < -0.4 is 21.6 Å². The molecule has 2 amide bonds. The molecule has 0 aliphatic heterocycles. The van der Waals surface area contributed by atoms with Crippen molar-refractivity contribution in [3.63, 3.8) is 0 Å². The van der Waals surface area contributed by atoms with E-state index in [4.69, 9.17) is 16.7 Å². The summed E-state index contributed by atoms with van der Waals surface area (Å²) in [6.07, 6.45) is -4.82. The molecule has 0 radical (unpaired) electrons. The summed E-state index contributed by atoms with van der Waals surface area (Å²) in [5.74, 6) is 0.642. The molecule has 0 heterocycles. The van der Waals surface area contributed by atoms with Crippen LogP contribution >= 0.6 is 11.8 Å². The number of carbonyl (C=O) groups is 4. The van der Waals surface area contributed by atoms with Crippen LogP contribution in [0.1, 0.15) is 15.9 Å². The lowest BCUT2D eigenvalue weighted by atomic mass is 10.1. The summed E-state index contributed by atoms with van der Waals surface area (Å²) in [6, 6.07) is 9.15. The molecule has 0 saturated heterocycles. The van der Waals surface area contributed by atoms with Gasteiger partial charge in [-0.3, -0.25) is 19.4 Å². The number of carboxylic acid groups (broad SMARTS) is 1. The number of hydrogen-bond donors (Lipinski definition) is 4. The Morgan fingerprint density at radius 1 is 1.09 bits per heavy atom. The number of hydrazine groups is 1. The Bertz CT molecular complexity index is 1080. The number of hydrogen-bond acceptors (Lipinski definition) is 8. The number of nitrogen functional groups attached to an aromatic ring is 1. The summed E-state index contributed by atoms with van der Waals surface area (Å²) in [7, 11) is 0. The topological polar surface area (TPSA) is 165 Å². The first-order chi connectivity index (χ1) is 15.9. The van der Waals surface area contributed by atoms with E-state index in [0.717, 1.165) is 23.9 Å². The maximum absolute atomic E-state index is 12.7. The van der Waals surface area contributed by atoms with E-state index in [2.05, 4.69) is 10.1 Å². The fourth-order valence-corrected chi connectivity index (χ4v) is 3.47. The second-order valence-corrected chi connectivity index (χ2v) is 7.66. The fraction of sp³-hybridized carbons (Fsp3) is 0.200. The predicted octanol–water partition coefficient (Wildman–Crippen LogP) is 1.55. The van der Waals surface area contributed by atoms with Crippen molar-refractivity contribution in [1.82, 2.24) is 10.3 Å². The summed E-state index contributed by atoms with van der Waals surface area (Å²) in [5.41, 5.74) is 6.22. The minimum absolute atomic E-state index is 0.00907. The van der Waals surface area contributed by atoms with Crippen LogP contribution in [0.25, 0.3) is 0 Å². The van der Waals surface area contributed by atoms with Gasteiger partial charge in [0.2, 0.25) is 11.7 Å². The molecule has 0 fully saturated rings. The van der Waals surface area contributed by atoms with Gasteiger partial charge in [-0.15, -0.1) is 24.9 Å². The highest BCUT2D eigenvalue weighted by Gasteiger charge is 2.31. The highest BCUT2D eigenvalue weighted by Crippen LogP contribution is 2.28. The number of carbonyl (C=O) groups excluding carboxylic acids is 3. The lowest BCUT2D eigenvalue weighted by Gasteiger charge is -2.19. The number of anilines is 1. The molecule has 14 heteroatoms. The zero-order valence-corrected chi connectivity index (χ0v) is 18.1. The van der Waals surface area contributed by atoms with Crippen LogP contribution in [0.4, 0.5) is 18.9 Å². The van der Waals surface area contributed by atoms with E-state index in [0.29, 0.717) is 10.6 Å². The summed E-state index contributed by atoms with van der Waals surface area (Å²) in [5, 5.41) is 11.7. The van der Waals surface area contributed by atoms with Crippen molar-refractivity contribution in [3.8, 4) is 5.75 Å². The standard InChI is InChI=1S/C20H19F3N4O6S/c21-20(22,23)33-12-6-4-11(5-7-12)8-26-16(29)9-27(25)18(30)17-13(24)2-1-3-15(17)34-10-14(28)19(31)32/h1-7H,8-10,24-25H2,(H,26,29)(H,31,32). The number of alkyl halides is 3. The van der Waals surface area contributed by atoms with Gasteiger partial charge in [-0.1, -0.05) is 18.2 Å². The number of thioether (sulfide) groups is 1. The molecule has 0 aromatic heterocycles. The number of amides is 2. The molecule has 0 unspecified atom stereocenters. The van der Waals surface area contributed by atoms with Gasteiger partial charge in [0.25, 0.3) is 5.91 Å². The van der Waals surface area contributed by atoms with Gasteiger partial charge in [0.15, 0.2) is 0 Å². The van der Waals surface area contributed by atoms with E-state index in [1.54, 1.807) is 0 Å². The maximum Gasteiger partial charge on any atom is 0.573 e. The molecule has 182 valence electrons. The van der Waals surface area contributed by atoms with Crippen molar-refractivity contribution < 1.29 is 42.2 Å². The molecule has 34 heavy (non-hydrogen) atoms. The number of benzene rings is 2. The molecule has 2 aromatic carbocycles. The zero-order chi connectivity index (χ0) is 25.5. The highest BCUT2D eigenvalue weighted by molar-refractivity contribution is 8.00. The number of rotatable bonds is 10. The van der Waals surface area contributed by atoms with E-state index < -0.39 is 48.0 Å². The van der Waals surface area contributed by atoms with Crippen LogP contribution in [0.15, 0.2) is 47.4 Å². The number of nitrogens with two attached hydrogens (primary N) is 2. The van der Waals surface area contributed by atoms with Gasteiger partial charge in [-0.05, 0) is 29.8 Å². The number of ether oxygens (including phenoxy) is 1. The van der Waals surface area contributed by atoms with E-state index in [-0.39, 0.29) is 22.7 Å². The van der Waals surface area contributed by atoms with E-state index in [1.807, 2.05) is 0 Å². The van der Waals surface area contributed by atoms with Crippen molar-refractivity contribution in [2.24, 2.45) is 5.84 Å². The minimum Gasteiger partial charge on any atom is -0.475 e. The first-order valence-electron chi connectivity index (χ1n) is 9.32. The summed E-state index contributed by atoms with van der Waals surface area (Å²) in [6.45, 7) is -0.639. The Hall–Kier alpha value is -3.78. The Morgan fingerprint density at radius 3 is 2.32 bits per heavy atom. The van der Waals surface area contributed by atoms with Crippen LogP contribution in [0.2, 0.25) is 0 Å². The van der Waals surface area contributed by atoms with Crippen LogP contribution in [0, 0.1) is 0 Å². The van der Waals surface area contributed by atoms with Crippen LogP contribution in [-0.4, -0.2) is 52.3 Å². The zero-order valence-electron chi connectivity index (χ0n) is 17.3. The average Bonchev–Trinajstić information content (AvgIpc) is 2.75. The second kappa shape index (κ2) is 11.4. The Kier molecular flexibility index (Phi) is 8.86. The fourth-order valence-electron chi connectivity index (χ4n) is 2.54. The monoisotopic (exact) mass is 500 g/mol. The van der Waals surface area contributed by atoms with Crippen LogP contribution in [0.5, 0.6) is 5.75 Å². The smallest absolute Gasteiger partial charge is 0.475 e. The summed E-state index contributed by atoms with van der Waals surface area (Å²) < 4.78 is 40.3. The second-order valence-electron chi connectivity index (χ2n) is 6.64. The molecule has 0 aliphatic carbocycles. The van der Waals surface area contributed by atoms with Gasteiger partial charge in [0.1, 0.15) is 12.3 Å². The van der Waals surface area contributed by atoms with Crippen molar-refractivity contribution in [1.29, 1.82) is 0 Å². The number of ketones is 1. The van der Waals surface area contributed by atoms with Gasteiger partial charge >= 0.3 is 12.3 Å². The molecular weight excluding hydrogens is 481 g/mol. The number of halogens is 3. The molecule has 10 nitrogen and oxygen atoms in total. The first kappa shape index (κ1) is 26.5. The SMILES string of the molecule is Nc1cccc(SCC(=O)C(=O)O)c1C(=O)N(N)CC(=O)NCc1ccc(OC(F)(F)F)cc1. The molecule has 0 saturated carbocycles. The van der Waals surface area contributed by atoms with Gasteiger partial charge < -0.3 is 20.9 Å². The van der Waals surface area contributed by atoms with Crippen molar-refractivity contribution in [2.75, 3.05) is 18.0 Å². The predicted molar refractivity (Wildman–Crippen MR) is 114 cm³/mol. The Balaban J connectivity index is 1.97. The Morgan fingerprint density at radius 2 is 1.74 bits per heavy atom. The third-order valence-corrected chi connectivity index (χ3v) is 5.15. The molecule has 0 bridgehead atoms. The molecule has 0 spiro atoms. The third kappa shape index (κ3) is 7.97. The number of aliphatic carboxylic acids is 1. The lowest BCUT2D eigenvalue weighted by Crippen LogP contribution is -2.45. The van der Waals surface area contributed by atoms with Crippen molar-refractivity contribution in [2.45, 2.75) is 17.8 Å². The Labute approximate surface area is 195 Å². The van der Waals surface area contributed by atoms with Gasteiger partial charge in [-0.2, -0.15) is 0 Å². The highest BCUT2D eigenvalue weighted by atomic mass is 32.2. The molecule has 6 N–H and O–H groups in total. The first-order valence-corrected chi connectivity index (χ1v) is 10.3. The lowest BCUT2D eigenvalue weighted by molar-refractivity contribution is -0.274. The third-order valence-electron chi connectivity index (χ3n) is 4.09. The van der Waals surface area contributed by atoms with Crippen molar-refractivity contribution >= 4 is 41.0 Å². The summed E-state index contributed by atoms with van der Waals surface area (Å²) in [4.78, 5) is 47.2. The van der Waals surface area contributed by atoms with Gasteiger partial charge in [0, 0.05) is 17.1 Å². The van der Waals surface area contributed by atoms with Gasteiger partial charge in [-0.25, -0.2) is 10.6 Å². The van der Waals surface area contributed by atoms with Crippen LogP contribution in [0.3, 0.4) is 0 Å². The van der Waals surface area contributed by atoms with E-state index >= 15 is 0 Å². The van der Waals surface area contributed by atoms with Gasteiger partial charge in [0.05, 0.1) is 11.3 Å². The number of carboxylic acids is 1. The maximum atomic E-state index is 12.7. The molecule has 0 atom stereocenters.